The topological polar surface area (TPSA) is 84.4 Å². The molecule has 1 N–H and O–H groups in total. The third kappa shape index (κ3) is 5.65. The van der Waals surface area contributed by atoms with Gasteiger partial charge >= 0.3 is 12.0 Å². The van der Waals surface area contributed by atoms with Crippen LogP contribution in [0.5, 0.6) is 0 Å². The van der Waals surface area contributed by atoms with E-state index in [-0.39, 0.29) is 12.0 Å². The zero-order valence-corrected chi connectivity index (χ0v) is 16.2. The maximum atomic E-state index is 12.8. The van der Waals surface area contributed by atoms with Gasteiger partial charge in [0.15, 0.2) is 0 Å². The number of anilines is 1. The summed E-state index contributed by atoms with van der Waals surface area (Å²) in [6.45, 7) is 0.862. The molecular weight excluding hydrogens is 352 g/mol. The molecule has 26 heavy (non-hydrogen) atoms. The van der Waals surface area contributed by atoms with Gasteiger partial charge < -0.3 is 9.64 Å². The fourth-order valence-corrected chi connectivity index (χ4v) is 4.19. The normalized spacial score (nSPS) is 17.7. The molecule has 2 aliphatic carbocycles. The Kier molecular flexibility index (Phi) is 6.82. The lowest BCUT2D eigenvalue weighted by Crippen LogP contribution is -2.45. The van der Waals surface area contributed by atoms with Crippen molar-refractivity contribution in [2.45, 2.75) is 70.3 Å². The van der Waals surface area contributed by atoms with E-state index < -0.39 is 0 Å². The molecular formula is C18H28N4O3S. The van der Waals surface area contributed by atoms with Crippen molar-refractivity contribution in [1.82, 2.24) is 15.1 Å². The van der Waals surface area contributed by atoms with Crippen molar-refractivity contribution in [1.29, 1.82) is 0 Å². The van der Waals surface area contributed by atoms with Crippen molar-refractivity contribution >= 4 is 28.5 Å². The maximum Gasteiger partial charge on any atom is 0.323 e. The first-order valence-electron chi connectivity index (χ1n) is 9.62. The summed E-state index contributed by atoms with van der Waals surface area (Å²) in [5.41, 5.74) is 0. The average Bonchev–Trinajstić information content (AvgIpc) is 3.38. The molecule has 2 fully saturated rings. The van der Waals surface area contributed by atoms with Crippen LogP contribution in [0.4, 0.5) is 9.93 Å². The van der Waals surface area contributed by atoms with Gasteiger partial charge in [0.05, 0.1) is 7.11 Å². The van der Waals surface area contributed by atoms with Gasteiger partial charge in [0.25, 0.3) is 0 Å². The minimum absolute atomic E-state index is 0.0407. The summed E-state index contributed by atoms with van der Waals surface area (Å²) in [6.07, 6.45) is 10.1. The Labute approximate surface area is 158 Å². The van der Waals surface area contributed by atoms with Crippen LogP contribution in [-0.4, -0.2) is 46.8 Å². The van der Waals surface area contributed by atoms with E-state index in [0.29, 0.717) is 36.4 Å². The number of ether oxygens (including phenoxy) is 1. The van der Waals surface area contributed by atoms with Crippen LogP contribution in [0, 0.1) is 5.92 Å². The summed E-state index contributed by atoms with van der Waals surface area (Å²) in [7, 11) is 1.39. The van der Waals surface area contributed by atoms with E-state index in [2.05, 4.69) is 20.3 Å². The number of hydrogen-bond acceptors (Lipinski definition) is 6. The Balaban J connectivity index is 1.52. The van der Waals surface area contributed by atoms with E-state index in [4.69, 9.17) is 0 Å². The Morgan fingerprint density at radius 2 is 1.96 bits per heavy atom. The molecule has 8 heteroatoms. The largest absolute Gasteiger partial charge is 0.469 e. The molecule has 7 nitrogen and oxygen atoms in total. The predicted octanol–water partition coefficient (Wildman–Crippen LogP) is 3.61. The van der Waals surface area contributed by atoms with Crippen molar-refractivity contribution in [3.63, 3.8) is 0 Å². The number of aromatic nitrogens is 2. The molecule has 0 spiro atoms. The summed E-state index contributed by atoms with van der Waals surface area (Å²) in [6, 6.07) is 0.317. The van der Waals surface area contributed by atoms with Crippen molar-refractivity contribution < 1.29 is 14.3 Å². The first-order chi connectivity index (χ1) is 12.7. The van der Waals surface area contributed by atoms with Crippen molar-refractivity contribution in [3.8, 4) is 0 Å². The summed E-state index contributed by atoms with van der Waals surface area (Å²) in [5, 5.41) is 12.5. The Bertz CT molecular complexity index is 611. The average molecular weight is 381 g/mol. The molecule has 0 aromatic carbocycles. The SMILES string of the molecule is COC(=O)CCCc1nnc(NC(=O)N(CC2CC2)C2CCCCC2)s1. The quantitative estimate of drug-likeness (QED) is 0.697. The third-order valence-corrected chi connectivity index (χ3v) is 6.01. The molecule has 0 saturated heterocycles. The number of methoxy groups -OCH3 is 1. The van der Waals surface area contributed by atoms with Gasteiger partial charge in [-0.05, 0) is 38.0 Å². The van der Waals surface area contributed by atoms with Gasteiger partial charge in [0, 0.05) is 25.4 Å². The van der Waals surface area contributed by atoms with Crippen LogP contribution in [0.2, 0.25) is 0 Å². The molecule has 0 bridgehead atoms. The van der Waals surface area contributed by atoms with Crippen LogP contribution in [-0.2, 0) is 16.0 Å². The fraction of sp³-hybridized carbons (Fsp3) is 0.778. The van der Waals surface area contributed by atoms with Crippen molar-refractivity contribution in [2.75, 3.05) is 19.0 Å². The van der Waals surface area contributed by atoms with Crippen LogP contribution in [0.15, 0.2) is 0 Å². The third-order valence-electron chi connectivity index (χ3n) is 5.11. The van der Waals surface area contributed by atoms with Crippen LogP contribution >= 0.6 is 11.3 Å². The molecule has 1 aromatic heterocycles. The lowest BCUT2D eigenvalue weighted by atomic mass is 9.94. The highest BCUT2D eigenvalue weighted by atomic mass is 32.1. The molecule has 3 rings (SSSR count). The Morgan fingerprint density at radius 3 is 2.65 bits per heavy atom. The molecule has 1 heterocycles. The summed E-state index contributed by atoms with van der Waals surface area (Å²) in [5.74, 6) is 0.456. The molecule has 2 saturated carbocycles. The van der Waals surface area contributed by atoms with Gasteiger partial charge in [0.2, 0.25) is 5.13 Å². The minimum Gasteiger partial charge on any atom is -0.469 e. The lowest BCUT2D eigenvalue weighted by Gasteiger charge is -2.34. The zero-order chi connectivity index (χ0) is 18.4. The van der Waals surface area contributed by atoms with Crippen LogP contribution in [0.1, 0.15) is 62.8 Å². The molecule has 2 amide bonds. The number of urea groups is 1. The summed E-state index contributed by atoms with van der Waals surface area (Å²) in [4.78, 5) is 26.0. The molecule has 1 aromatic rings. The zero-order valence-electron chi connectivity index (χ0n) is 15.4. The monoisotopic (exact) mass is 380 g/mol. The van der Waals surface area contributed by atoms with Crippen molar-refractivity contribution in [3.05, 3.63) is 5.01 Å². The minimum atomic E-state index is -0.216. The number of esters is 1. The number of carbonyl (C=O) groups is 2. The van der Waals surface area contributed by atoms with Crippen LogP contribution in [0.3, 0.4) is 0 Å². The van der Waals surface area contributed by atoms with Gasteiger partial charge in [-0.25, -0.2) is 4.79 Å². The fourth-order valence-electron chi connectivity index (χ4n) is 3.42. The first-order valence-corrected chi connectivity index (χ1v) is 10.4. The maximum absolute atomic E-state index is 12.8. The molecule has 144 valence electrons. The molecule has 0 atom stereocenters. The highest BCUT2D eigenvalue weighted by Crippen LogP contribution is 2.33. The predicted molar refractivity (Wildman–Crippen MR) is 100 cm³/mol. The lowest BCUT2D eigenvalue weighted by molar-refractivity contribution is -0.140. The number of hydrogen-bond donors (Lipinski definition) is 1. The van der Waals surface area contributed by atoms with E-state index in [9.17, 15) is 9.59 Å². The number of nitrogens with zero attached hydrogens (tertiary/aromatic N) is 3. The second-order valence-electron chi connectivity index (χ2n) is 7.25. The van der Waals surface area contributed by atoms with Crippen LogP contribution in [0.25, 0.3) is 0 Å². The molecule has 0 aliphatic heterocycles. The van der Waals surface area contributed by atoms with Gasteiger partial charge in [-0.3, -0.25) is 10.1 Å². The van der Waals surface area contributed by atoms with Gasteiger partial charge in [-0.1, -0.05) is 30.6 Å². The van der Waals surface area contributed by atoms with E-state index in [1.165, 1.54) is 50.6 Å². The highest BCUT2D eigenvalue weighted by molar-refractivity contribution is 7.15. The standard InChI is InChI=1S/C18H28N4O3S/c1-25-16(23)9-5-8-15-20-21-17(26-15)19-18(24)22(12-13-10-11-13)14-6-3-2-4-7-14/h13-14H,2-12H2,1H3,(H,19,21,24). The Morgan fingerprint density at radius 1 is 1.19 bits per heavy atom. The first kappa shape index (κ1) is 19.1. The second kappa shape index (κ2) is 9.30. The molecule has 2 aliphatic rings. The number of aryl methyl sites for hydroxylation is 1. The van der Waals surface area contributed by atoms with Crippen LogP contribution < -0.4 is 5.32 Å². The second-order valence-corrected chi connectivity index (χ2v) is 8.31. The Hall–Kier alpha value is -1.70. The van der Waals surface area contributed by atoms with E-state index in [0.717, 1.165) is 24.4 Å². The van der Waals surface area contributed by atoms with E-state index in [1.54, 1.807) is 0 Å². The van der Waals surface area contributed by atoms with E-state index in [1.807, 2.05) is 4.90 Å². The van der Waals surface area contributed by atoms with Gasteiger partial charge in [-0.2, -0.15) is 0 Å². The van der Waals surface area contributed by atoms with E-state index >= 15 is 0 Å². The number of nitrogens with one attached hydrogen (secondary N) is 1. The number of amides is 2. The van der Waals surface area contributed by atoms with Crippen molar-refractivity contribution in [2.24, 2.45) is 5.92 Å². The van der Waals surface area contributed by atoms with Gasteiger partial charge in [-0.15, -0.1) is 10.2 Å². The molecule has 0 radical (unpaired) electrons. The number of carbonyl (C=O) groups excluding carboxylic acids is 2. The smallest absolute Gasteiger partial charge is 0.323 e. The molecule has 0 unspecified atom stereocenters. The number of rotatable bonds is 8. The highest BCUT2D eigenvalue weighted by Gasteiger charge is 2.32. The summed E-state index contributed by atoms with van der Waals surface area (Å²) < 4.78 is 4.63. The summed E-state index contributed by atoms with van der Waals surface area (Å²) >= 11 is 1.39. The van der Waals surface area contributed by atoms with Gasteiger partial charge in [0.1, 0.15) is 5.01 Å².